The first-order valence-corrected chi connectivity index (χ1v) is 12.2. The molecular formula is C26H38N4O. The highest BCUT2D eigenvalue weighted by atomic mass is 16.1. The molecule has 31 heavy (non-hydrogen) atoms. The number of aryl methyl sites for hydroxylation is 1. The molecule has 1 aliphatic heterocycles. The summed E-state index contributed by atoms with van der Waals surface area (Å²) in [5.41, 5.74) is 3.21. The summed E-state index contributed by atoms with van der Waals surface area (Å²) in [6, 6.07) is 11.2. The van der Waals surface area contributed by atoms with E-state index in [1.165, 1.54) is 44.2 Å². The third kappa shape index (κ3) is 5.97. The summed E-state index contributed by atoms with van der Waals surface area (Å²) in [5.74, 6) is 1.30. The van der Waals surface area contributed by atoms with Gasteiger partial charge in [0.15, 0.2) is 0 Å². The molecule has 0 spiro atoms. The van der Waals surface area contributed by atoms with E-state index in [-0.39, 0.29) is 5.91 Å². The minimum atomic E-state index is 0.0716. The number of piperidine rings is 1. The fourth-order valence-electron chi connectivity index (χ4n) is 5.22. The van der Waals surface area contributed by atoms with Crippen LogP contribution >= 0.6 is 0 Å². The first kappa shape index (κ1) is 22.1. The summed E-state index contributed by atoms with van der Waals surface area (Å²) in [4.78, 5) is 15.4. The predicted molar refractivity (Wildman–Crippen MR) is 125 cm³/mol. The minimum absolute atomic E-state index is 0.0716. The van der Waals surface area contributed by atoms with E-state index in [0.717, 1.165) is 43.6 Å². The number of carbonyl (C=O) groups excluding carboxylic acids is 1. The van der Waals surface area contributed by atoms with Gasteiger partial charge in [-0.1, -0.05) is 50.1 Å². The van der Waals surface area contributed by atoms with E-state index < -0.39 is 0 Å². The average molecular weight is 423 g/mol. The Bertz CT molecular complexity index is 832. The van der Waals surface area contributed by atoms with Crippen LogP contribution < -0.4 is 5.32 Å². The second kappa shape index (κ2) is 10.4. The Morgan fingerprint density at radius 3 is 2.55 bits per heavy atom. The van der Waals surface area contributed by atoms with Crippen molar-refractivity contribution in [1.82, 2.24) is 20.0 Å². The maximum Gasteiger partial charge on any atom is 0.254 e. The summed E-state index contributed by atoms with van der Waals surface area (Å²) < 4.78 is 1.80. The Kier molecular flexibility index (Phi) is 7.44. The molecule has 1 aliphatic carbocycles. The maximum absolute atomic E-state index is 12.8. The van der Waals surface area contributed by atoms with Crippen LogP contribution in [-0.2, 0) is 13.5 Å². The van der Waals surface area contributed by atoms with Crippen molar-refractivity contribution in [1.29, 1.82) is 0 Å². The third-order valence-corrected chi connectivity index (χ3v) is 7.28. The maximum atomic E-state index is 12.8. The lowest BCUT2D eigenvalue weighted by molar-refractivity contribution is 0.0936. The van der Waals surface area contributed by atoms with Crippen LogP contribution in [0.5, 0.6) is 0 Å². The average Bonchev–Trinajstić information content (AvgIpc) is 3.43. The van der Waals surface area contributed by atoms with Gasteiger partial charge in [-0.25, -0.2) is 0 Å². The lowest BCUT2D eigenvalue weighted by Gasteiger charge is -2.32. The molecule has 2 aromatic rings. The number of nitrogens with one attached hydrogen (secondary N) is 1. The monoisotopic (exact) mass is 422 g/mol. The molecule has 4 rings (SSSR count). The zero-order valence-electron chi connectivity index (χ0n) is 19.2. The van der Waals surface area contributed by atoms with Gasteiger partial charge in [0.2, 0.25) is 0 Å². The molecule has 0 unspecified atom stereocenters. The van der Waals surface area contributed by atoms with Gasteiger partial charge in [0.05, 0.1) is 11.3 Å². The fourth-order valence-corrected chi connectivity index (χ4v) is 5.22. The molecule has 2 aliphatic rings. The molecule has 0 radical (unpaired) electrons. The van der Waals surface area contributed by atoms with Crippen molar-refractivity contribution in [3.63, 3.8) is 0 Å². The summed E-state index contributed by atoms with van der Waals surface area (Å²) in [6.07, 6.45) is 11.1. The van der Waals surface area contributed by atoms with Gasteiger partial charge in [-0.3, -0.25) is 9.48 Å². The van der Waals surface area contributed by atoms with Crippen LogP contribution in [0, 0.1) is 5.92 Å². The highest BCUT2D eigenvalue weighted by Crippen LogP contribution is 2.25. The topological polar surface area (TPSA) is 50.2 Å². The first-order chi connectivity index (χ1) is 15.1. The number of hydrogen-bond acceptors (Lipinski definition) is 3. The van der Waals surface area contributed by atoms with E-state index in [2.05, 4.69) is 52.6 Å². The van der Waals surface area contributed by atoms with Crippen molar-refractivity contribution >= 4 is 5.91 Å². The molecule has 1 aromatic heterocycles. The quantitative estimate of drug-likeness (QED) is 0.679. The standard InChI is InChI=1S/C26H38N4O/c1-20(22-8-4-3-5-9-22)12-15-30-16-13-21(14-17-30)18-25-24(19-29(2)28-25)26(31)27-23-10-6-7-11-23/h3-5,8-9,19-21,23H,6-7,10-18H2,1-2H3,(H,27,31)/t20-/m0/s1. The van der Waals surface area contributed by atoms with Crippen LogP contribution in [-0.4, -0.2) is 46.3 Å². The van der Waals surface area contributed by atoms with Gasteiger partial charge in [-0.2, -0.15) is 5.10 Å². The van der Waals surface area contributed by atoms with Crippen molar-refractivity contribution in [2.24, 2.45) is 13.0 Å². The zero-order chi connectivity index (χ0) is 21.6. The molecule has 1 saturated carbocycles. The van der Waals surface area contributed by atoms with Crippen molar-refractivity contribution in [3.05, 3.63) is 53.3 Å². The summed E-state index contributed by atoms with van der Waals surface area (Å²) >= 11 is 0. The summed E-state index contributed by atoms with van der Waals surface area (Å²) in [5, 5.41) is 7.89. The van der Waals surface area contributed by atoms with Crippen LogP contribution in [0.25, 0.3) is 0 Å². The van der Waals surface area contributed by atoms with E-state index in [0.29, 0.717) is 17.9 Å². The first-order valence-electron chi connectivity index (χ1n) is 12.2. The second-order valence-corrected chi connectivity index (χ2v) is 9.71. The SMILES string of the molecule is C[C@@H](CCN1CCC(Cc2nn(C)cc2C(=O)NC2CCCC2)CC1)c1ccccc1. The van der Waals surface area contributed by atoms with Crippen LogP contribution in [0.4, 0.5) is 0 Å². The van der Waals surface area contributed by atoms with Crippen LogP contribution in [0.1, 0.15) is 79.4 Å². The number of hydrogen-bond donors (Lipinski definition) is 1. The summed E-state index contributed by atoms with van der Waals surface area (Å²) in [7, 11) is 1.92. The molecule has 1 amide bonds. The molecular weight excluding hydrogens is 384 g/mol. The molecule has 5 heteroatoms. The number of rotatable bonds is 8. The Morgan fingerprint density at radius 2 is 1.84 bits per heavy atom. The van der Waals surface area contributed by atoms with Gasteiger partial charge in [0.25, 0.3) is 5.91 Å². The molecule has 1 saturated heterocycles. The van der Waals surface area contributed by atoms with Crippen molar-refractivity contribution in [2.45, 2.75) is 70.3 Å². The van der Waals surface area contributed by atoms with Crippen LogP contribution in [0.2, 0.25) is 0 Å². The molecule has 1 atom stereocenters. The largest absolute Gasteiger partial charge is 0.349 e. The smallest absolute Gasteiger partial charge is 0.254 e. The van der Waals surface area contributed by atoms with Gasteiger partial charge in [-0.15, -0.1) is 0 Å². The molecule has 1 N–H and O–H groups in total. The van der Waals surface area contributed by atoms with E-state index >= 15 is 0 Å². The van der Waals surface area contributed by atoms with E-state index in [1.807, 2.05) is 13.2 Å². The third-order valence-electron chi connectivity index (χ3n) is 7.28. The van der Waals surface area contributed by atoms with Crippen molar-refractivity contribution in [2.75, 3.05) is 19.6 Å². The van der Waals surface area contributed by atoms with Crippen molar-refractivity contribution < 1.29 is 4.79 Å². The minimum Gasteiger partial charge on any atom is -0.349 e. The van der Waals surface area contributed by atoms with Crippen LogP contribution in [0.3, 0.4) is 0 Å². The van der Waals surface area contributed by atoms with E-state index in [1.54, 1.807) is 4.68 Å². The van der Waals surface area contributed by atoms with Gasteiger partial charge >= 0.3 is 0 Å². The normalized spacial score (nSPS) is 19.5. The molecule has 2 heterocycles. The molecule has 5 nitrogen and oxygen atoms in total. The zero-order valence-corrected chi connectivity index (χ0v) is 19.2. The van der Waals surface area contributed by atoms with Gasteiger partial charge in [0, 0.05) is 19.3 Å². The van der Waals surface area contributed by atoms with Gasteiger partial charge in [0.1, 0.15) is 0 Å². The highest BCUT2D eigenvalue weighted by molar-refractivity contribution is 5.95. The van der Waals surface area contributed by atoms with Gasteiger partial charge < -0.3 is 10.2 Å². The molecule has 2 fully saturated rings. The van der Waals surface area contributed by atoms with Crippen LogP contribution in [0.15, 0.2) is 36.5 Å². The van der Waals surface area contributed by atoms with E-state index in [4.69, 9.17) is 0 Å². The fraction of sp³-hybridized carbons (Fsp3) is 0.615. The van der Waals surface area contributed by atoms with Crippen molar-refractivity contribution in [3.8, 4) is 0 Å². The van der Waals surface area contributed by atoms with E-state index in [9.17, 15) is 4.79 Å². The predicted octanol–water partition coefficient (Wildman–Crippen LogP) is 4.54. The number of aromatic nitrogens is 2. The number of carbonyl (C=O) groups is 1. The Labute approximate surface area is 187 Å². The Morgan fingerprint density at radius 1 is 1.13 bits per heavy atom. The number of benzene rings is 1. The second-order valence-electron chi connectivity index (χ2n) is 9.71. The highest BCUT2D eigenvalue weighted by Gasteiger charge is 2.25. The molecule has 0 bridgehead atoms. The summed E-state index contributed by atoms with van der Waals surface area (Å²) in [6.45, 7) is 5.81. The lowest BCUT2D eigenvalue weighted by Crippen LogP contribution is -2.36. The Balaban J connectivity index is 1.25. The Hall–Kier alpha value is -2.14. The number of likely N-dealkylation sites (tertiary alicyclic amines) is 1. The lowest BCUT2D eigenvalue weighted by atomic mass is 9.90. The van der Waals surface area contributed by atoms with Gasteiger partial charge in [-0.05, 0) is 75.6 Å². The number of nitrogens with zero attached hydrogens (tertiary/aromatic N) is 3. The molecule has 1 aromatic carbocycles. The number of amides is 1. The molecule has 168 valence electrons.